The van der Waals surface area contributed by atoms with Crippen LogP contribution in [-0.4, -0.2) is 11.1 Å². The van der Waals surface area contributed by atoms with Crippen molar-refractivity contribution in [2.45, 2.75) is 13.8 Å². The third kappa shape index (κ3) is 2.75. The van der Waals surface area contributed by atoms with E-state index in [1.807, 2.05) is 31.2 Å². The number of rotatable bonds is 2. The van der Waals surface area contributed by atoms with Gasteiger partial charge in [-0.2, -0.15) is 0 Å². The molecule has 0 fully saturated rings. The van der Waals surface area contributed by atoms with E-state index in [4.69, 9.17) is 5.11 Å². The summed E-state index contributed by atoms with van der Waals surface area (Å²) in [6, 6.07) is 7.73. The molecule has 0 heterocycles. The molecule has 0 amide bonds. The summed E-state index contributed by atoms with van der Waals surface area (Å²) in [5, 5.41) is 8.63. The Bertz CT molecular complexity index is 334. The fraction of sp³-hybridized carbons (Fsp3) is 0.182. The SMILES string of the molecule is C/C(=C/c1ccc(C)cc1)C(=O)O. The van der Waals surface area contributed by atoms with Crippen LogP contribution in [0.2, 0.25) is 0 Å². The maximum absolute atomic E-state index is 10.5. The zero-order valence-electron chi connectivity index (χ0n) is 7.74. The van der Waals surface area contributed by atoms with Crippen LogP contribution < -0.4 is 0 Å². The minimum atomic E-state index is -0.874. The van der Waals surface area contributed by atoms with Crippen LogP contribution in [0, 0.1) is 6.92 Å². The maximum atomic E-state index is 10.5. The summed E-state index contributed by atoms with van der Waals surface area (Å²) in [5.74, 6) is -0.874. The van der Waals surface area contributed by atoms with Gasteiger partial charge in [0.15, 0.2) is 0 Å². The van der Waals surface area contributed by atoms with E-state index in [0.717, 1.165) is 5.56 Å². The Balaban J connectivity index is 2.92. The van der Waals surface area contributed by atoms with E-state index < -0.39 is 5.97 Å². The molecule has 1 rings (SSSR count). The first kappa shape index (κ1) is 9.52. The van der Waals surface area contributed by atoms with E-state index in [1.54, 1.807) is 13.0 Å². The number of carboxylic acids is 1. The highest BCUT2D eigenvalue weighted by molar-refractivity contribution is 5.91. The van der Waals surface area contributed by atoms with E-state index in [-0.39, 0.29) is 0 Å². The molecule has 1 N–H and O–H groups in total. The summed E-state index contributed by atoms with van der Waals surface area (Å²) >= 11 is 0. The van der Waals surface area contributed by atoms with E-state index in [2.05, 4.69) is 0 Å². The van der Waals surface area contributed by atoms with Crippen molar-refractivity contribution in [3.05, 3.63) is 41.0 Å². The van der Waals surface area contributed by atoms with Crippen molar-refractivity contribution in [2.75, 3.05) is 0 Å². The molecule has 2 heteroatoms. The smallest absolute Gasteiger partial charge is 0.331 e. The van der Waals surface area contributed by atoms with E-state index in [1.165, 1.54) is 5.56 Å². The van der Waals surface area contributed by atoms with Gasteiger partial charge in [-0.25, -0.2) is 4.79 Å². The Labute approximate surface area is 77.5 Å². The van der Waals surface area contributed by atoms with Gasteiger partial charge < -0.3 is 5.11 Å². The lowest BCUT2D eigenvalue weighted by atomic mass is 10.1. The van der Waals surface area contributed by atoms with Crippen molar-refractivity contribution in [1.29, 1.82) is 0 Å². The second kappa shape index (κ2) is 3.90. The first-order valence-corrected chi connectivity index (χ1v) is 4.08. The molecule has 0 radical (unpaired) electrons. The van der Waals surface area contributed by atoms with Crippen molar-refractivity contribution in [1.82, 2.24) is 0 Å². The lowest BCUT2D eigenvalue weighted by molar-refractivity contribution is -0.132. The van der Waals surface area contributed by atoms with Crippen LogP contribution in [0.15, 0.2) is 29.8 Å². The van der Waals surface area contributed by atoms with Crippen molar-refractivity contribution in [3.8, 4) is 0 Å². The third-order valence-corrected chi connectivity index (χ3v) is 1.80. The zero-order chi connectivity index (χ0) is 9.84. The first-order valence-electron chi connectivity index (χ1n) is 4.08. The van der Waals surface area contributed by atoms with Crippen molar-refractivity contribution < 1.29 is 9.90 Å². The molecule has 0 atom stereocenters. The fourth-order valence-electron chi connectivity index (χ4n) is 0.974. The van der Waals surface area contributed by atoms with Crippen LogP contribution in [0.5, 0.6) is 0 Å². The third-order valence-electron chi connectivity index (χ3n) is 1.80. The second-order valence-corrected chi connectivity index (χ2v) is 3.04. The highest BCUT2D eigenvalue weighted by Gasteiger charge is 1.98. The van der Waals surface area contributed by atoms with Gasteiger partial charge >= 0.3 is 5.97 Å². The quantitative estimate of drug-likeness (QED) is 0.703. The normalized spacial score (nSPS) is 11.4. The van der Waals surface area contributed by atoms with Gasteiger partial charge in [-0.3, -0.25) is 0 Å². The van der Waals surface area contributed by atoms with Gasteiger partial charge in [0.25, 0.3) is 0 Å². The summed E-state index contributed by atoms with van der Waals surface area (Å²) in [6.07, 6.45) is 1.65. The monoisotopic (exact) mass is 176 g/mol. The van der Waals surface area contributed by atoms with Crippen LogP contribution in [0.4, 0.5) is 0 Å². The fourth-order valence-corrected chi connectivity index (χ4v) is 0.974. The predicted octanol–water partition coefficient (Wildman–Crippen LogP) is 2.48. The highest BCUT2D eigenvalue weighted by atomic mass is 16.4. The Morgan fingerprint density at radius 3 is 2.31 bits per heavy atom. The van der Waals surface area contributed by atoms with Crippen molar-refractivity contribution in [2.24, 2.45) is 0 Å². The Kier molecular flexibility index (Phi) is 2.85. The average molecular weight is 176 g/mol. The second-order valence-electron chi connectivity index (χ2n) is 3.04. The lowest BCUT2D eigenvalue weighted by Crippen LogP contribution is -1.95. The van der Waals surface area contributed by atoms with Gasteiger partial charge in [-0.15, -0.1) is 0 Å². The molecule has 0 aliphatic heterocycles. The number of aliphatic carboxylic acids is 1. The van der Waals surface area contributed by atoms with Crippen molar-refractivity contribution in [3.63, 3.8) is 0 Å². The highest BCUT2D eigenvalue weighted by Crippen LogP contribution is 2.08. The summed E-state index contributed by atoms with van der Waals surface area (Å²) < 4.78 is 0. The lowest BCUT2D eigenvalue weighted by Gasteiger charge is -1.96. The summed E-state index contributed by atoms with van der Waals surface area (Å²) in [6.45, 7) is 3.58. The molecule has 1 aromatic rings. The van der Waals surface area contributed by atoms with E-state index >= 15 is 0 Å². The number of hydrogen-bond donors (Lipinski definition) is 1. The number of carbonyl (C=O) groups is 1. The van der Waals surface area contributed by atoms with Crippen LogP contribution in [-0.2, 0) is 4.79 Å². The number of aryl methyl sites for hydroxylation is 1. The molecular weight excluding hydrogens is 164 g/mol. The molecule has 0 aliphatic rings. The molecule has 0 aromatic heterocycles. The Hall–Kier alpha value is -1.57. The maximum Gasteiger partial charge on any atom is 0.331 e. The molecule has 0 saturated carbocycles. The molecule has 0 aliphatic carbocycles. The van der Waals surface area contributed by atoms with Gasteiger partial charge in [0.2, 0.25) is 0 Å². The van der Waals surface area contributed by atoms with Crippen LogP contribution in [0.1, 0.15) is 18.1 Å². The summed E-state index contributed by atoms with van der Waals surface area (Å²) in [4.78, 5) is 10.5. The van der Waals surface area contributed by atoms with Crippen LogP contribution in [0.25, 0.3) is 6.08 Å². The molecular formula is C11H12O2. The van der Waals surface area contributed by atoms with E-state index in [0.29, 0.717) is 5.57 Å². The van der Waals surface area contributed by atoms with Gasteiger partial charge in [0.05, 0.1) is 0 Å². The van der Waals surface area contributed by atoms with Crippen molar-refractivity contribution >= 4 is 12.0 Å². The molecule has 0 spiro atoms. The average Bonchev–Trinajstić information content (AvgIpc) is 2.08. The molecule has 68 valence electrons. The molecule has 13 heavy (non-hydrogen) atoms. The zero-order valence-corrected chi connectivity index (χ0v) is 7.74. The summed E-state index contributed by atoms with van der Waals surface area (Å²) in [7, 11) is 0. The minimum absolute atomic E-state index is 0.351. The standard InChI is InChI=1S/C11H12O2/c1-8-3-5-10(6-4-8)7-9(2)11(12)13/h3-7H,1-2H3,(H,12,13)/b9-7-. The minimum Gasteiger partial charge on any atom is -0.478 e. The molecule has 0 bridgehead atoms. The molecule has 2 nitrogen and oxygen atoms in total. The molecule has 0 saturated heterocycles. The largest absolute Gasteiger partial charge is 0.478 e. The van der Waals surface area contributed by atoms with Gasteiger partial charge in [0, 0.05) is 5.57 Å². The molecule has 0 unspecified atom stereocenters. The Morgan fingerprint density at radius 1 is 1.31 bits per heavy atom. The molecule has 1 aromatic carbocycles. The number of carboxylic acid groups (broad SMARTS) is 1. The predicted molar refractivity (Wildman–Crippen MR) is 52.5 cm³/mol. The number of hydrogen-bond acceptors (Lipinski definition) is 1. The van der Waals surface area contributed by atoms with E-state index in [9.17, 15) is 4.79 Å². The van der Waals surface area contributed by atoms with Crippen LogP contribution in [0.3, 0.4) is 0 Å². The Morgan fingerprint density at radius 2 is 1.85 bits per heavy atom. The topological polar surface area (TPSA) is 37.3 Å². The van der Waals surface area contributed by atoms with Crippen LogP contribution >= 0.6 is 0 Å². The first-order chi connectivity index (χ1) is 6.09. The van der Waals surface area contributed by atoms with Gasteiger partial charge in [-0.1, -0.05) is 29.8 Å². The van der Waals surface area contributed by atoms with Gasteiger partial charge in [0.1, 0.15) is 0 Å². The summed E-state index contributed by atoms with van der Waals surface area (Å²) in [5.41, 5.74) is 2.44. The van der Waals surface area contributed by atoms with Gasteiger partial charge in [-0.05, 0) is 25.5 Å². The number of benzene rings is 1.